The molecular formula is C25H24N4O3S3. The van der Waals surface area contributed by atoms with Gasteiger partial charge in [0.05, 0.1) is 12.9 Å². The van der Waals surface area contributed by atoms with Gasteiger partial charge in [0.2, 0.25) is 5.91 Å². The van der Waals surface area contributed by atoms with Gasteiger partial charge in [-0.25, -0.2) is 4.79 Å². The molecule has 0 aliphatic rings. The summed E-state index contributed by atoms with van der Waals surface area (Å²) in [5, 5.41) is 14.7. The molecule has 3 heterocycles. The van der Waals surface area contributed by atoms with E-state index in [9.17, 15) is 9.59 Å². The van der Waals surface area contributed by atoms with Gasteiger partial charge in [-0.1, -0.05) is 48.2 Å². The van der Waals surface area contributed by atoms with Crippen LogP contribution in [0.15, 0.2) is 59.6 Å². The van der Waals surface area contributed by atoms with Gasteiger partial charge in [-0.2, -0.15) is 0 Å². The number of aryl methyl sites for hydroxylation is 2. The van der Waals surface area contributed by atoms with Gasteiger partial charge in [0.15, 0.2) is 11.0 Å². The Morgan fingerprint density at radius 3 is 2.63 bits per heavy atom. The highest BCUT2D eigenvalue weighted by Gasteiger charge is 2.25. The van der Waals surface area contributed by atoms with E-state index in [1.807, 2.05) is 54.1 Å². The molecule has 0 aliphatic carbocycles. The second-order valence-electron chi connectivity index (χ2n) is 7.58. The van der Waals surface area contributed by atoms with Crippen molar-refractivity contribution in [2.75, 3.05) is 18.2 Å². The largest absolute Gasteiger partial charge is 0.465 e. The zero-order valence-electron chi connectivity index (χ0n) is 19.5. The Morgan fingerprint density at radius 2 is 1.97 bits per heavy atom. The number of allylic oxidation sites excluding steroid dienone is 1. The number of benzene rings is 1. The van der Waals surface area contributed by atoms with Gasteiger partial charge >= 0.3 is 5.97 Å². The lowest BCUT2D eigenvalue weighted by atomic mass is 10.0. The number of amides is 1. The maximum atomic E-state index is 12.9. The van der Waals surface area contributed by atoms with Crippen LogP contribution in [-0.4, -0.2) is 39.5 Å². The Morgan fingerprint density at radius 1 is 1.20 bits per heavy atom. The summed E-state index contributed by atoms with van der Waals surface area (Å²) in [7, 11) is 1.34. The number of rotatable bonds is 9. The molecule has 10 heteroatoms. The van der Waals surface area contributed by atoms with Crippen molar-refractivity contribution >= 4 is 51.3 Å². The van der Waals surface area contributed by atoms with Gasteiger partial charge in [0.25, 0.3) is 0 Å². The number of anilines is 1. The summed E-state index contributed by atoms with van der Waals surface area (Å²) in [5.74, 6) is 0.113. The Labute approximate surface area is 215 Å². The number of hydrogen-bond donors (Lipinski definition) is 1. The van der Waals surface area contributed by atoms with Crippen LogP contribution in [0.4, 0.5) is 5.00 Å². The Bertz CT molecular complexity index is 1370. The van der Waals surface area contributed by atoms with Crippen molar-refractivity contribution in [2.24, 2.45) is 0 Å². The lowest BCUT2D eigenvalue weighted by molar-refractivity contribution is -0.113. The third kappa shape index (κ3) is 5.39. The van der Waals surface area contributed by atoms with Crippen LogP contribution in [0.1, 0.15) is 20.1 Å². The average molecular weight is 525 g/mol. The lowest BCUT2D eigenvalue weighted by Gasteiger charge is -2.09. The highest BCUT2D eigenvalue weighted by molar-refractivity contribution is 7.99. The van der Waals surface area contributed by atoms with E-state index >= 15 is 0 Å². The lowest BCUT2D eigenvalue weighted by Crippen LogP contribution is -2.16. The van der Waals surface area contributed by atoms with Crippen molar-refractivity contribution in [3.63, 3.8) is 0 Å². The number of thioether (sulfide) groups is 1. The molecule has 1 aromatic carbocycles. The van der Waals surface area contributed by atoms with Crippen molar-refractivity contribution in [1.29, 1.82) is 0 Å². The van der Waals surface area contributed by atoms with Crippen LogP contribution in [0.25, 0.3) is 22.5 Å². The van der Waals surface area contributed by atoms with E-state index in [1.165, 1.54) is 35.1 Å². The first-order valence-electron chi connectivity index (χ1n) is 10.7. The van der Waals surface area contributed by atoms with E-state index in [1.54, 1.807) is 17.4 Å². The smallest absolute Gasteiger partial charge is 0.341 e. The zero-order chi connectivity index (χ0) is 24.9. The van der Waals surface area contributed by atoms with Gasteiger partial charge < -0.3 is 10.1 Å². The highest BCUT2D eigenvalue weighted by atomic mass is 32.2. The third-order valence-electron chi connectivity index (χ3n) is 5.14. The molecule has 180 valence electrons. The van der Waals surface area contributed by atoms with E-state index in [4.69, 9.17) is 4.74 Å². The summed E-state index contributed by atoms with van der Waals surface area (Å²) in [6, 6.07) is 11.7. The molecule has 4 rings (SSSR count). The van der Waals surface area contributed by atoms with Crippen LogP contribution in [-0.2, 0) is 16.1 Å². The van der Waals surface area contributed by atoms with Crippen molar-refractivity contribution in [1.82, 2.24) is 14.8 Å². The van der Waals surface area contributed by atoms with Gasteiger partial charge in [-0.15, -0.1) is 39.4 Å². The fraction of sp³-hybridized carbons (Fsp3) is 0.200. The minimum Gasteiger partial charge on any atom is -0.465 e. The third-order valence-corrected chi connectivity index (χ3v) is 7.99. The van der Waals surface area contributed by atoms with E-state index in [0.29, 0.717) is 22.3 Å². The molecule has 1 N–H and O–H groups in total. The predicted molar refractivity (Wildman–Crippen MR) is 143 cm³/mol. The van der Waals surface area contributed by atoms with Crippen molar-refractivity contribution in [3.05, 3.63) is 69.8 Å². The van der Waals surface area contributed by atoms with E-state index in [2.05, 4.69) is 28.2 Å². The number of nitrogens with one attached hydrogen (secondary N) is 1. The Balaban J connectivity index is 1.54. The quantitative estimate of drug-likeness (QED) is 0.163. The molecule has 4 aromatic rings. The first-order valence-corrected chi connectivity index (χ1v) is 13.4. The van der Waals surface area contributed by atoms with Crippen molar-refractivity contribution in [2.45, 2.75) is 25.5 Å². The number of thiophene rings is 2. The number of aromatic nitrogens is 3. The fourth-order valence-electron chi connectivity index (χ4n) is 3.64. The van der Waals surface area contributed by atoms with Crippen molar-refractivity contribution < 1.29 is 14.3 Å². The molecule has 3 aromatic heterocycles. The molecule has 0 aliphatic heterocycles. The van der Waals surface area contributed by atoms with Gasteiger partial charge in [0, 0.05) is 32.8 Å². The number of carbonyl (C=O) groups is 2. The normalized spacial score (nSPS) is 10.8. The summed E-state index contributed by atoms with van der Waals surface area (Å²) in [6.45, 7) is 8.33. The molecule has 0 spiro atoms. The first kappa shape index (κ1) is 24.9. The fourth-order valence-corrected chi connectivity index (χ4v) is 6.15. The van der Waals surface area contributed by atoms with Crippen LogP contribution < -0.4 is 5.32 Å². The molecule has 0 radical (unpaired) electrons. The number of hydrogen-bond acceptors (Lipinski definition) is 8. The molecule has 0 fully saturated rings. The maximum Gasteiger partial charge on any atom is 0.341 e. The Kier molecular flexibility index (Phi) is 7.84. The van der Waals surface area contributed by atoms with E-state index < -0.39 is 5.97 Å². The van der Waals surface area contributed by atoms with Gasteiger partial charge in [-0.05, 0) is 25.5 Å². The molecule has 1 amide bonds. The molecule has 35 heavy (non-hydrogen) atoms. The van der Waals surface area contributed by atoms with Crippen LogP contribution >= 0.6 is 34.4 Å². The van der Waals surface area contributed by atoms with Gasteiger partial charge in [-0.3, -0.25) is 9.36 Å². The Hall–Kier alpha value is -3.21. The van der Waals surface area contributed by atoms with Gasteiger partial charge in [0.1, 0.15) is 10.6 Å². The number of methoxy groups -OCH3 is 1. The summed E-state index contributed by atoms with van der Waals surface area (Å²) < 4.78 is 6.97. The summed E-state index contributed by atoms with van der Waals surface area (Å²) >= 11 is 4.29. The minimum atomic E-state index is -0.488. The zero-order valence-corrected chi connectivity index (χ0v) is 22.0. The average Bonchev–Trinajstić information content (AvgIpc) is 3.55. The minimum absolute atomic E-state index is 0.107. The summed E-state index contributed by atoms with van der Waals surface area (Å²) in [5.41, 5.74) is 3.02. The molecule has 0 unspecified atom stereocenters. The molecule has 0 saturated heterocycles. The molecule has 0 atom stereocenters. The van der Waals surface area contributed by atoms with E-state index in [0.717, 1.165) is 27.4 Å². The number of ether oxygens (including phenoxy) is 1. The topological polar surface area (TPSA) is 86.1 Å². The monoisotopic (exact) mass is 524 g/mol. The molecule has 0 bridgehead atoms. The van der Waals surface area contributed by atoms with Crippen LogP contribution in [0.5, 0.6) is 0 Å². The predicted octanol–water partition coefficient (Wildman–Crippen LogP) is 6.06. The molecular weight excluding hydrogens is 501 g/mol. The van der Waals surface area contributed by atoms with Crippen LogP contribution in [0.3, 0.4) is 0 Å². The first-order chi connectivity index (χ1) is 16.9. The molecule has 0 saturated carbocycles. The summed E-state index contributed by atoms with van der Waals surface area (Å²) in [4.78, 5) is 27.7. The highest BCUT2D eigenvalue weighted by Crippen LogP contribution is 2.40. The second-order valence-corrected chi connectivity index (χ2v) is 10.9. The number of nitrogens with zero attached hydrogens (tertiary/aromatic N) is 3. The van der Waals surface area contributed by atoms with Crippen LogP contribution in [0.2, 0.25) is 0 Å². The van der Waals surface area contributed by atoms with Crippen LogP contribution in [0, 0.1) is 13.8 Å². The number of carbonyl (C=O) groups excluding carboxylic acids is 2. The van der Waals surface area contributed by atoms with Crippen molar-refractivity contribution in [3.8, 4) is 22.5 Å². The van der Waals surface area contributed by atoms with E-state index in [-0.39, 0.29) is 11.7 Å². The number of esters is 1. The maximum absolute atomic E-state index is 12.9. The second kappa shape index (κ2) is 11.0. The standard InChI is InChI=1S/C25H24N4O3S3/c1-5-11-29-22(18-12-15(2)33-13-18)27-28-25(29)34-14-19(30)26-23-21(24(31)32-4)20(16(3)35-23)17-9-7-6-8-10-17/h5-10,12-13H,1,11,14H2,2-4H3,(H,26,30). The molecule has 7 nitrogen and oxygen atoms in total. The SMILES string of the molecule is C=CCn1c(SCC(=O)Nc2sc(C)c(-c3ccccc3)c2C(=O)OC)nnc1-c1csc(C)c1. The summed E-state index contributed by atoms with van der Waals surface area (Å²) in [6.07, 6.45) is 1.78.